The van der Waals surface area contributed by atoms with E-state index in [0.717, 1.165) is 29.7 Å². The van der Waals surface area contributed by atoms with Crippen molar-refractivity contribution < 1.29 is 0 Å². The van der Waals surface area contributed by atoms with Crippen LogP contribution in [-0.4, -0.2) is 21.5 Å². The number of nitrogens with one attached hydrogen (secondary N) is 2. The number of aromatic nitrogens is 3. The van der Waals surface area contributed by atoms with Crippen LogP contribution in [0.4, 0.5) is 11.6 Å². The highest BCUT2D eigenvalue weighted by atomic mass is 15.1. The molecule has 0 aliphatic rings. The van der Waals surface area contributed by atoms with Gasteiger partial charge in [0.15, 0.2) is 0 Å². The Balaban J connectivity index is 1.99. The molecule has 0 saturated carbocycles. The molecule has 18 heavy (non-hydrogen) atoms. The Kier molecular flexibility index (Phi) is 4.06. The topological polar surface area (TPSA) is 62.7 Å². The van der Waals surface area contributed by atoms with Gasteiger partial charge in [0.2, 0.25) is 0 Å². The molecule has 2 rings (SSSR count). The number of pyridine rings is 1. The first-order chi connectivity index (χ1) is 8.78. The second kappa shape index (κ2) is 5.95. The number of nitrogens with zero attached hydrogens (tertiary/aromatic N) is 3. The lowest BCUT2D eigenvalue weighted by molar-refractivity contribution is 0.950. The van der Waals surface area contributed by atoms with E-state index in [1.807, 2.05) is 38.1 Å². The second-order valence-corrected chi connectivity index (χ2v) is 3.89. The fraction of sp³-hybridized carbons (Fsp3) is 0.308. The molecular formula is C13H17N5. The molecule has 2 heterocycles. The molecule has 2 aromatic heterocycles. The van der Waals surface area contributed by atoms with E-state index in [-0.39, 0.29) is 0 Å². The maximum absolute atomic E-state index is 4.43. The summed E-state index contributed by atoms with van der Waals surface area (Å²) in [6.45, 7) is 5.44. The van der Waals surface area contributed by atoms with Gasteiger partial charge in [0.25, 0.3) is 0 Å². The van der Waals surface area contributed by atoms with Crippen LogP contribution in [0.5, 0.6) is 0 Å². The summed E-state index contributed by atoms with van der Waals surface area (Å²) < 4.78 is 0. The van der Waals surface area contributed by atoms with Crippen LogP contribution >= 0.6 is 0 Å². The van der Waals surface area contributed by atoms with Crippen molar-refractivity contribution in [1.29, 1.82) is 0 Å². The lowest BCUT2D eigenvalue weighted by Crippen LogP contribution is -2.06. The van der Waals surface area contributed by atoms with E-state index in [9.17, 15) is 0 Å². The monoisotopic (exact) mass is 243 g/mol. The standard InChI is InChI=1S/C13H17N5/c1-3-14-12-5-4-6-13(18-12)16-9-11-7-8-15-10(2)17-11/h4-8H,3,9H2,1-2H3,(H2,14,16,18). The quantitative estimate of drug-likeness (QED) is 0.843. The summed E-state index contributed by atoms with van der Waals surface area (Å²) >= 11 is 0. The minimum atomic E-state index is 0.645. The number of hydrogen-bond donors (Lipinski definition) is 2. The van der Waals surface area contributed by atoms with Crippen LogP contribution in [-0.2, 0) is 6.54 Å². The van der Waals surface area contributed by atoms with Crippen molar-refractivity contribution in [3.8, 4) is 0 Å². The van der Waals surface area contributed by atoms with Crippen LogP contribution in [0.2, 0.25) is 0 Å². The zero-order valence-electron chi connectivity index (χ0n) is 10.6. The number of aryl methyl sites for hydroxylation is 1. The Morgan fingerprint density at radius 3 is 2.56 bits per heavy atom. The van der Waals surface area contributed by atoms with Gasteiger partial charge in [-0.15, -0.1) is 0 Å². The summed E-state index contributed by atoms with van der Waals surface area (Å²) in [7, 11) is 0. The average Bonchev–Trinajstić information content (AvgIpc) is 2.37. The highest BCUT2D eigenvalue weighted by Crippen LogP contribution is 2.09. The molecule has 0 bridgehead atoms. The van der Waals surface area contributed by atoms with E-state index in [2.05, 4.69) is 25.6 Å². The van der Waals surface area contributed by atoms with Crippen molar-refractivity contribution in [2.24, 2.45) is 0 Å². The van der Waals surface area contributed by atoms with Gasteiger partial charge in [0, 0.05) is 12.7 Å². The first-order valence-electron chi connectivity index (χ1n) is 6.01. The Hall–Kier alpha value is -2.17. The third kappa shape index (κ3) is 3.41. The first-order valence-corrected chi connectivity index (χ1v) is 6.01. The Morgan fingerprint density at radius 1 is 1.06 bits per heavy atom. The Morgan fingerprint density at radius 2 is 1.83 bits per heavy atom. The average molecular weight is 243 g/mol. The smallest absolute Gasteiger partial charge is 0.128 e. The summed E-state index contributed by atoms with van der Waals surface area (Å²) in [5.74, 6) is 2.50. The van der Waals surface area contributed by atoms with Gasteiger partial charge in [-0.25, -0.2) is 15.0 Å². The van der Waals surface area contributed by atoms with Crippen LogP contribution in [0, 0.1) is 6.92 Å². The molecule has 2 N–H and O–H groups in total. The molecule has 94 valence electrons. The minimum absolute atomic E-state index is 0.645. The van der Waals surface area contributed by atoms with Crippen LogP contribution in [0.1, 0.15) is 18.4 Å². The van der Waals surface area contributed by atoms with Crippen LogP contribution in [0.15, 0.2) is 30.5 Å². The fourth-order valence-corrected chi connectivity index (χ4v) is 1.60. The Bertz CT molecular complexity index is 512. The molecular weight excluding hydrogens is 226 g/mol. The Labute approximate surface area is 107 Å². The van der Waals surface area contributed by atoms with Gasteiger partial charge in [-0.05, 0) is 32.0 Å². The van der Waals surface area contributed by atoms with E-state index >= 15 is 0 Å². The molecule has 0 radical (unpaired) electrons. The van der Waals surface area contributed by atoms with E-state index in [1.54, 1.807) is 6.20 Å². The largest absolute Gasteiger partial charge is 0.370 e. The highest BCUT2D eigenvalue weighted by molar-refractivity contribution is 5.45. The van der Waals surface area contributed by atoms with Gasteiger partial charge in [-0.3, -0.25) is 0 Å². The summed E-state index contributed by atoms with van der Waals surface area (Å²) in [6, 6.07) is 7.76. The molecule has 0 amide bonds. The van der Waals surface area contributed by atoms with E-state index in [4.69, 9.17) is 0 Å². The van der Waals surface area contributed by atoms with Gasteiger partial charge >= 0.3 is 0 Å². The molecule has 0 aliphatic carbocycles. The lowest BCUT2D eigenvalue weighted by atomic mass is 10.3. The van der Waals surface area contributed by atoms with E-state index < -0.39 is 0 Å². The third-order valence-corrected chi connectivity index (χ3v) is 2.39. The predicted molar refractivity (Wildman–Crippen MR) is 72.5 cm³/mol. The van der Waals surface area contributed by atoms with Crippen molar-refractivity contribution in [2.45, 2.75) is 20.4 Å². The van der Waals surface area contributed by atoms with Gasteiger partial charge in [-0.1, -0.05) is 6.07 Å². The van der Waals surface area contributed by atoms with Crippen LogP contribution < -0.4 is 10.6 Å². The second-order valence-electron chi connectivity index (χ2n) is 3.89. The summed E-state index contributed by atoms with van der Waals surface area (Å²) in [6.07, 6.45) is 1.77. The number of rotatable bonds is 5. The zero-order chi connectivity index (χ0) is 12.8. The summed E-state index contributed by atoms with van der Waals surface area (Å²) in [5.41, 5.74) is 0.957. The van der Waals surface area contributed by atoms with Crippen molar-refractivity contribution in [3.05, 3.63) is 42.0 Å². The molecule has 2 aromatic rings. The maximum atomic E-state index is 4.43. The van der Waals surface area contributed by atoms with Gasteiger partial charge in [-0.2, -0.15) is 0 Å². The van der Waals surface area contributed by atoms with Crippen molar-refractivity contribution in [3.63, 3.8) is 0 Å². The molecule has 0 spiro atoms. The minimum Gasteiger partial charge on any atom is -0.370 e. The van der Waals surface area contributed by atoms with E-state index in [1.165, 1.54) is 0 Å². The molecule has 0 fully saturated rings. The molecule has 0 atom stereocenters. The van der Waals surface area contributed by atoms with Gasteiger partial charge in [0.1, 0.15) is 17.5 Å². The molecule has 0 unspecified atom stereocenters. The highest BCUT2D eigenvalue weighted by Gasteiger charge is 1.98. The van der Waals surface area contributed by atoms with Crippen LogP contribution in [0.3, 0.4) is 0 Å². The van der Waals surface area contributed by atoms with Crippen molar-refractivity contribution in [1.82, 2.24) is 15.0 Å². The number of hydrogen-bond acceptors (Lipinski definition) is 5. The fourth-order valence-electron chi connectivity index (χ4n) is 1.60. The molecule has 5 heteroatoms. The third-order valence-electron chi connectivity index (χ3n) is 2.39. The maximum Gasteiger partial charge on any atom is 0.128 e. The predicted octanol–water partition coefficient (Wildman–Crippen LogP) is 2.22. The van der Waals surface area contributed by atoms with Gasteiger partial charge < -0.3 is 10.6 Å². The molecule has 5 nitrogen and oxygen atoms in total. The van der Waals surface area contributed by atoms with Crippen molar-refractivity contribution >= 4 is 11.6 Å². The van der Waals surface area contributed by atoms with Crippen LogP contribution in [0.25, 0.3) is 0 Å². The van der Waals surface area contributed by atoms with Crippen molar-refractivity contribution in [2.75, 3.05) is 17.2 Å². The number of anilines is 2. The SMILES string of the molecule is CCNc1cccc(NCc2ccnc(C)n2)n1. The molecule has 0 aromatic carbocycles. The van der Waals surface area contributed by atoms with E-state index in [0.29, 0.717) is 6.54 Å². The first kappa shape index (κ1) is 12.3. The molecule has 0 saturated heterocycles. The lowest BCUT2D eigenvalue weighted by Gasteiger charge is -2.07. The summed E-state index contributed by atoms with van der Waals surface area (Å²) in [4.78, 5) is 12.8. The zero-order valence-corrected chi connectivity index (χ0v) is 10.6. The normalized spacial score (nSPS) is 10.1. The molecule has 0 aliphatic heterocycles. The van der Waals surface area contributed by atoms with Gasteiger partial charge in [0.05, 0.1) is 12.2 Å². The summed E-state index contributed by atoms with van der Waals surface area (Å²) in [5, 5.41) is 6.42.